The van der Waals surface area contributed by atoms with E-state index in [0.717, 1.165) is 11.6 Å². The number of benzene rings is 2. The highest BCUT2D eigenvalue weighted by atomic mass is 35.5. The van der Waals surface area contributed by atoms with Crippen LogP contribution in [-0.2, 0) is 4.79 Å². The van der Waals surface area contributed by atoms with Gasteiger partial charge in [0.15, 0.2) is 0 Å². The molecule has 6 heteroatoms. The van der Waals surface area contributed by atoms with E-state index in [1.807, 2.05) is 6.92 Å². The van der Waals surface area contributed by atoms with Gasteiger partial charge >= 0.3 is 0 Å². The van der Waals surface area contributed by atoms with Crippen LogP contribution in [0.5, 0.6) is 5.75 Å². The van der Waals surface area contributed by atoms with Gasteiger partial charge in [-0.3, -0.25) is 9.79 Å². The van der Waals surface area contributed by atoms with E-state index < -0.39 is 5.82 Å². The van der Waals surface area contributed by atoms with Gasteiger partial charge in [-0.15, -0.1) is 0 Å². The molecule has 0 bridgehead atoms. The van der Waals surface area contributed by atoms with Crippen molar-refractivity contribution >= 4 is 28.9 Å². The molecule has 23 heavy (non-hydrogen) atoms. The maximum absolute atomic E-state index is 14.3. The lowest BCUT2D eigenvalue weighted by Gasteiger charge is -2.20. The normalized spacial score (nSPS) is 14.3. The van der Waals surface area contributed by atoms with E-state index in [1.54, 1.807) is 19.2 Å². The number of nitrogens with zero attached hydrogens (tertiary/aromatic N) is 2. The summed E-state index contributed by atoms with van der Waals surface area (Å²) in [5.41, 5.74) is 2.22. The molecular formula is C17H14ClFN2O2. The lowest BCUT2D eigenvalue weighted by molar-refractivity contribution is -0.116. The van der Waals surface area contributed by atoms with Crippen molar-refractivity contribution in [3.05, 3.63) is 57.9 Å². The Morgan fingerprint density at radius 2 is 2.04 bits per heavy atom. The molecule has 118 valence electrons. The van der Waals surface area contributed by atoms with Gasteiger partial charge < -0.3 is 10.0 Å². The van der Waals surface area contributed by atoms with Crippen LogP contribution in [-0.4, -0.2) is 30.3 Å². The summed E-state index contributed by atoms with van der Waals surface area (Å²) in [6, 6.07) is 7.26. The van der Waals surface area contributed by atoms with Gasteiger partial charge in [0.25, 0.3) is 0 Å². The molecule has 0 unspecified atom stereocenters. The molecule has 2 aromatic carbocycles. The number of fused-ring (bicyclic) bond motifs is 1. The Bertz CT molecular complexity index is 849. The van der Waals surface area contributed by atoms with E-state index in [4.69, 9.17) is 11.6 Å². The second-order valence-electron chi connectivity index (χ2n) is 5.37. The van der Waals surface area contributed by atoms with Crippen molar-refractivity contribution in [2.75, 3.05) is 18.5 Å². The monoisotopic (exact) mass is 332 g/mol. The molecular weight excluding hydrogens is 319 g/mol. The van der Waals surface area contributed by atoms with Crippen molar-refractivity contribution in [1.29, 1.82) is 0 Å². The fourth-order valence-corrected chi connectivity index (χ4v) is 2.80. The number of rotatable bonds is 1. The average Bonchev–Trinajstić information content (AvgIpc) is 2.64. The lowest BCUT2D eigenvalue weighted by atomic mass is 9.97. The Morgan fingerprint density at radius 1 is 1.30 bits per heavy atom. The summed E-state index contributed by atoms with van der Waals surface area (Å²) in [6.07, 6.45) is 0. The zero-order valence-electron chi connectivity index (χ0n) is 12.6. The standard InChI is InChI=1S/C17H14ClFN2O2/c1-9-3-6-13-15(16(9)18)17(20-8-14(23)21(13)2)11-7-10(22)4-5-12(11)19/h3-7,22H,8H2,1-2H3. The van der Waals surface area contributed by atoms with Gasteiger partial charge in [0.1, 0.15) is 18.1 Å². The number of benzodiazepines with no additional fused rings is 1. The number of anilines is 1. The van der Waals surface area contributed by atoms with E-state index in [1.165, 1.54) is 17.0 Å². The number of phenols is 1. The molecule has 0 radical (unpaired) electrons. The smallest absolute Gasteiger partial charge is 0.248 e. The van der Waals surface area contributed by atoms with Crippen molar-refractivity contribution in [3.63, 3.8) is 0 Å². The molecule has 2 aromatic rings. The zero-order valence-corrected chi connectivity index (χ0v) is 13.4. The van der Waals surface area contributed by atoms with Gasteiger partial charge in [0.2, 0.25) is 5.91 Å². The number of amides is 1. The third kappa shape index (κ3) is 2.57. The first-order valence-electron chi connectivity index (χ1n) is 6.99. The minimum absolute atomic E-state index is 0.0849. The number of aliphatic imine (C=N–C) groups is 1. The van der Waals surface area contributed by atoms with E-state index in [2.05, 4.69) is 4.99 Å². The highest BCUT2D eigenvalue weighted by Gasteiger charge is 2.27. The van der Waals surface area contributed by atoms with Crippen molar-refractivity contribution in [1.82, 2.24) is 0 Å². The van der Waals surface area contributed by atoms with Crippen LogP contribution in [0.25, 0.3) is 0 Å². The minimum Gasteiger partial charge on any atom is -0.508 e. The third-order valence-electron chi connectivity index (χ3n) is 3.86. The quantitative estimate of drug-likeness (QED) is 0.871. The second-order valence-corrected chi connectivity index (χ2v) is 5.75. The fourth-order valence-electron chi connectivity index (χ4n) is 2.56. The summed E-state index contributed by atoms with van der Waals surface area (Å²) in [6.45, 7) is 1.71. The summed E-state index contributed by atoms with van der Waals surface area (Å²) < 4.78 is 14.3. The zero-order chi connectivity index (χ0) is 16.7. The van der Waals surface area contributed by atoms with Crippen molar-refractivity contribution in [2.24, 2.45) is 4.99 Å². The number of halogens is 2. The Morgan fingerprint density at radius 3 is 2.78 bits per heavy atom. The molecule has 1 aliphatic heterocycles. The number of carbonyl (C=O) groups excluding carboxylic acids is 1. The predicted molar refractivity (Wildman–Crippen MR) is 88.2 cm³/mol. The van der Waals surface area contributed by atoms with Gasteiger partial charge in [0.05, 0.1) is 16.4 Å². The Labute approximate surface area is 137 Å². The van der Waals surface area contributed by atoms with E-state index in [9.17, 15) is 14.3 Å². The largest absolute Gasteiger partial charge is 0.508 e. The van der Waals surface area contributed by atoms with Gasteiger partial charge in [0, 0.05) is 18.2 Å². The van der Waals surface area contributed by atoms with Crippen LogP contribution in [0, 0.1) is 12.7 Å². The number of carbonyl (C=O) groups is 1. The highest BCUT2D eigenvalue weighted by molar-refractivity contribution is 6.38. The summed E-state index contributed by atoms with van der Waals surface area (Å²) in [7, 11) is 1.63. The predicted octanol–water partition coefficient (Wildman–Crippen LogP) is 3.31. The Kier molecular flexibility index (Phi) is 3.82. The fraction of sp³-hybridized carbons (Fsp3) is 0.176. The molecule has 1 amide bonds. The van der Waals surface area contributed by atoms with Gasteiger partial charge in [-0.2, -0.15) is 0 Å². The molecule has 0 spiro atoms. The van der Waals surface area contributed by atoms with Gasteiger partial charge in [-0.25, -0.2) is 4.39 Å². The van der Waals surface area contributed by atoms with E-state index >= 15 is 0 Å². The van der Waals surface area contributed by atoms with Gasteiger partial charge in [-0.05, 0) is 36.8 Å². The first kappa shape index (κ1) is 15.5. The van der Waals surface area contributed by atoms with Crippen LogP contribution in [0.2, 0.25) is 5.02 Å². The lowest BCUT2D eigenvalue weighted by Crippen LogP contribution is -2.27. The van der Waals surface area contributed by atoms with Crippen LogP contribution in [0.1, 0.15) is 16.7 Å². The second kappa shape index (κ2) is 5.66. The Hall–Kier alpha value is -2.40. The molecule has 0 saturated carbocycles. The van der Waals surface area contributed by atoms with Crippen molar-refractivity contribution in [3.8, 4) is 5.75 Å². The van der Waals surface area contributed by atoms with Crippen LogP contribution in [0.15, 0.2) is 35.3 Å². The molecule has 1 N–H and O–H groups in total. The molecule has 3 rings (SSSR count). The molecule has 0 atom stereocenters. The molecule has 4 nitrogen and oxygen atoms in total. The Balaban J connectivity index is 2.34. The summed E-state index contributed by atoms with van der Waals surface area (Å²) in [5, 5.41) is 10.1. The first-order chi connectivity index (χ1) is 10.9. The third-order valence-corrected chi connectivity index (χ3v) is 4.35. The maximum Gasteiger partial charge on any atom is 0.248 e. The minimum atomic E-state index is -0.540. The van der Waals surface area contributed by atoms with Crippen LogP contribution < -0.4 is 4.90 Å². The summed E-state index contributed by atoms with van der Waals surface area (Å²) >= 11 is 6.43. The SMILES string of the molecule is Cc1ccc2c(c1Cl)C(c1cc(O)ccc1F)=NCC(=O)N2C. The number of phenolic OH excluding ortho intramolecular Hbond substituents is 1. The molecule has 0 aromatic heterocycles. The molecule has 1 aliphatic rings. The number of hydrogen-bond acceptors (Lipinski definition) is 3. The highest BCUT2D eigenvalue weighted by Crippen LogP contribution is 2.35. The molecule has 1 heterocycles. The van der Waals surface area contributed by atoms with Crippen LogP contribution in [0.3, 0.4) is 0 Å². The van der Waals surface area contributed by atoms with E-state index in [-0.39, 0.29) is 29.5 Å². The first-order valence-corrected chi connectivity index (χ1v) is 7.37. The number of aryl methyl sites for hydroxylation is 1. The molecule has 0 aliphatic carbocycles. The summed E-state index contributed by atoms with van der Waals surface area (Å²) in [5.74, 6) is -0.845. The van der Waals surface area contributed by atoms with E-state index in [0.29, 0.717) is 16.3 Å². The molecule has 0 saturated heterocycles. The number of hydrogen-bond donors (Lipinski definition) is 1. The van der Waals surface area contributed by atoms with Crippen LogP contribution in [0.4, 0.5) is 10.1 Å². The topological polar surface area (TPSA) is 52.9 Å². The maximum atomic E-state index is 14.3. The van der Waals surface area contributed by atoms with Crippen LogP contribution >= 0.6 is 11.6 Å². The van der Waals surface area contributed by atoms with Crippen molar-refractivity contribution in [2.45, 2.75) is 6.92 Å². The average molecular weight is 333 g/mol. The van der Waals surface area contributed by atoms with Crippen molar-refractivity contribution < 1.29 is 14.3 Å². The number of aromatic hydroxyl groups is 1. The van der Waals surface area contributed by atoms with Gasteiger partial charge in [-0.1, -0.05) is 17.7 Å². The summed E-state index contributed by atoms with van der Waals surface area (Å²) in [4.78, 5) is 17.9. The number of likely N-dealkylation sites (N-methyl/N-ethyl adjacent to an activating group) is 1. The molecule has 0 fully saturated rings.